The van der Waals surface area contributed by atoms with Gasteiger partial charge in [0, 0.05) is 5.33 Å². The summed E-state index contributed by atoms with van der Waals surface area (Å²) in [5.41, 5.74) is 1.92. The number of halogens is 3. The predicted octanol–water partition coefficient (Wildman–Crippen LogP) is 4.77. The van der Waals surface area contributed by atoms with Gasteiger partial charge in [0.25, 0.3) is 0 Å². The van der Waals surface area contributed by atoms with Crippen LogP contribution in [0.2, 0.25) is 0 Å². The minimum atomic E-state index is -0.807. The third kappa shape index (κ3) is 4.27. The first-order valence-corrected chi connectivity index (χ1v) is 7.88. The summed E-state index contributed by atoms with van der Waals surface area (Å²) in [5, 5.41) is 0.782. The number of para-hydroxylation sites is 1. The van der Waals surface area contributed by atoms with Gasteiger partial charge in [-0.05, 0) is 48.1 Å². The molecule has 0 amide bonds. The van der Waals surface area contributed by atoms with Crippen LogP contribution in [0, 0.1) is 17.6 Å². The summed E-state index contributed by atoms with van der Waals surface area (Å²) in [6.45, 7) is 0. The van der Waals surface area contributed by atoms with E-state index in [-0.39, 0.29) is 5.92 Å². The highest BCUT2D eigenvalue weighted by Crippen LogP contribution is 2.24. The first-order valence-electron chi connectivity index (χ1n) is 6.75. The van der Waals surface area contributed by atoms with E-state index in [1.54, 1.807) is 13.2 Å². The van der Waals surface area contributed by atoms with Crippen molar-refractivity contribution >= 4 is 15.9 Å². The van der Waals surface area contributed by atoms with E-state index in [1.165, 1.54) is 12.1 Å². The molecule has 0 aliphatic carbocycles. The molecule has 0 aliphatic heterocycles. The topological polar surface area (TPSA) is 9.23 Å². The normalized spacial score (nSPS) is 12.2. The number of hydrogen-bond donors (Lipinski definition) is 0. The Labute approximate surface area is 132 Å². The smallest absolute Gasteiger partial charge is 0.159 e. The van der Waals surface area contributed by atoms with Crippen LogP contribution in [-0.2, 0) is 12.8 Å². The lowest BCUT2D eigenvalue weighted by Gasteiger charge is -2.16. The molecule has 0 saturated heterocycles. The molecule has 21 heavy (non-hydrogen) atoms. The van der Waals surface area contributed by atoms with Crippen LogP contribution in [0.25, 0.3) is 0 Å². The van der Waals surface area contributed by atoms with Crippen LogP contribution < -0.4 is 4.74 Å². The third-order valence-electron chi connectivity index (χ3n) is 3.43. The van der Waals surface area contributed by atoms with Crippen LogP contribution in [0.4, 0.5) is 8.78 Å². The van der Waals surface area contributed by atoms with Crippen molar-refractivity contribution in [1.29, 1.82) is 0 Å². The van der Waals surface area contributed by atoms with Gasteiger partial charge in [-0.1, -0.05) is 40.2 Å². The van der Waals surface area contributed by atoms with Crippen molar-refractivity contribution in [1.82, 2.24) is 0 Å². The zero-order valence-corrected chi connectivity index (χ0v) is 13.4. The molecule has 0 bridgehead atoms. The fraction of sp³-hybridized carbons (Fsp3) is 0.294. The highest BCUT2D eigenvalue weighted by molar-refractivity contribution is 9.09. The fourth-order valence-electron chi connectivity index (χ4n) is 2.36. The zero-order chi connectivity index (χ0) is 15.2. The van der Waals surface area contributed by atoms with Crippen molar-refractivity contribution < 1.29 is 13.5 Å². The molecule has 1 atom stereocenters. The van der Waals surface area contributed by atoms with E-state index >= 15 is 0 Å². The maximum Gasteiger partial charge on any atom is 0.159 e. The van der Waals surface area contributed by atoms with Crippen LogP contribution >= 0.6 is 15.9 Å². The Morgan fingerprint density at radius 3 is 2.48 bits per heavy atom. The first kappa shape index (κ1) is 16.0. The minimum Gasteiger partial charge on any atom is -0.496 e. The van der Waals surface area contributed by atoms with Gasteiger partial charge in [0.15, 0.2) is 11.6 Å². The van der Waals surface area contributed by atoms with Gasteiger partial charge >= 0.3 is 0 Å². The molecule has 0 spiro atoms. The summed E-state index contributed by atoms with van der Waals surface area (Å²) in [6.07, 6.45) is 1.49. The van der Waals surface area contributed by atoms with Gasteiger partial charge in [0.2, 0.25) is 0 Å². The monoisotopic (exact) mass is 354 g/mol. The highest BCUT2D eigenvalue weighted by Gasteiger charge is 2.13. The summed E-state index contributed by atoms with van der Waals surface area (Å²) >= 11 is 3.50. The zero-order valence-electron chi connectivity index (χ0n) is 11.8. The standard InChI is InChI=1S/C17H17BrF2O/c1-21-17-5-3-2-4-14(17)9-13(11-18)8-12-6-7-15(19)16(20)10-12/h2-7,10,13H,8-9,11H2,1H3. The number of rotatable bonds is 6. The fourth-order valence-corrected chi connectivity index (χ4v) is 2.82. The van der Waals surface area contributed by atoms with Crippen LogP contribution in [0.3, 0.4) is 0 Å². The number of ether oxygens (including phenoxy) is 1. The van der Waals surface area contributed by atoms with Crippen LogP contribution in [0.15, 0.2) is 42.5 Å². The molecule has 0 fully saturated rings. The molecule has 2 aromatic rings. The number of alkyl halides is 1. The molecule has 2 aromatic carbocycles. The van der Waals surface area contributed by atoms with E-state index in [0.717, 1.165) is 28.6 Å². The number of hydrogen-bond acceptors (Lipinski definition) is 1. The number of benzene rings is 2. The SMILES string of the molecule is COc1ccccc1CC(CBr)Cc1ccc(F)c(F)c1. The van der Waals surface area contributed by atoms with E-state index < -0.39 is 11.6 Å². The Bertz CT molecular complexity index is 601. The molecule has 1 nitrogen and oxygen atoms in total. The lowest BCUT2D eigenvalue weighted by molar-refractivity contribution is 0.405. The van der Waals surface area contributed by atoms with Gasteiger partial charge in [-0.25, -0.2) is 8.78 Å². The molecule has 1 unspecified atom stereocenters. The van der Waals surface area contributed by atoms with E-state index in [4.69, 9.17) is 4.74 Å². The molecule has 0 radical (unpaired) electrons. The molecular weight excluding hydrogens is 338 g/mol. The third-order valence-corrected chi connectivity index (χ3v) is 4.34. The molecule has 0 N–H and O–H groups in total. The quantitative estimate of drug-likeness (QED) is 0.679. The molecule has 0 aliphatic rings. The second-order valence-corrected chi connectivity index (χ2v) is 5.64. The Morgan fingerprint density at radius 1 is 1.05 bits per heavy atom. The van der Waals surface area contributed by atoms with E-state index in [1.807, 2.05) is 24.3 Å². The molecule has 112 valence electrons. The molecule has 0 saturated carbocycles. The Hall–Kier alpha value is -1.42. The van der Waals surface area contributed by atoms with Gasteiger partial charge in [-0.3, -0.25) is 0 Å². The maximum atomic E-state index is 13.3. The Balaban J connectivity index is 2.11. The largest absolute Gasteiger partial charge is 0.496 e. The highest BCUT2D eigenvalue weighted by atomic mass is 79.9. The second-order valence-electron chi connectivity index (χ2n) is 4.99. The van der Waals surface area contributed by atoms with Crippen molar-refractivity contribution in [2.75, 3.05) is 12.4 Å². The van der Waals surface area contributed by atoms with E-state index in [2.05, 4.69) is 15.9 Å². The second kappa shape index (κ2) is 7.55. The van der Waals surface area contributed by atoms with E-state index in [0.29, 0.717) is 6.42 Å². The van der Waals surface area contributed by atoms with Crippen LogP contribution in [0.1, 0.15) is 11.1 Å². The van der Waals surface area contributed by atoms with Gasteiger partial charge in [-0.2, -0.15) is 0 Å². The summed E-state index contributed by atoms with van der Waals surface area (Å²) in [6, 6.07) is 11.9. The molecule has 0 aromatic heterocycles. The average molecular weight is 355 g/mol. The summed E-state index contributed by atoms with van der Waals surface area (Å²) in [4.78, 5) is 0. The minimum absolute atomic E-state index is 0.283. The molecule has 2 rings (SSSR count). The lowest BCUT2D eigenvalue weighted by atomic mass is 9.93. The summed E-state index contributed by atoms with van der Waals surface area (Å²) in [5.74, 6) is -0.461. The first-order chi connectivity index (χ1) is 10.1. The van der Waals surface area contributed by atoms with Crippen molar-refractivity contribution in [3.05, 3.63) is 65.2 Å². The molecule has 4 heteroatoms. The van der Waals surface area contributed by atoms with E-state index in [9.17, 15) is 8.78 Å². The van der Waals surface area contributed by atoms with Gasteiger partial charge in [-0.15, -0.1) is 0 Å². The maximum absolute atomic E-state index is 13.3. The Morgan fingerprint density at radius 2 is 1.81 bits per heavy atom. The molecule has 0 heterocycles. The van der Waals surface area contributed by atoms with Gasteiger partial charge < -0.3 is 4.74 Å². The Kier molecular flexibility index (Phi) is 5.74. The lowest BCUT2D eigenvalue weighted by Crippen LogP contribution is -2.11. The van der Waals surface area contributed by atoms with Crippen molar-refractivity contribution in [2.45, 2.75) is 12.8 Å². The van der Waals surface area contributed by atoms with Crippen molar-refractivity contribution in [3.63, 3.8) is 0 Å². The van der Waals surface area contributed by atoms with Crippen LogP contribution in [-0.4, -0.2) is 12.4 Å². The molecular formula is C17H17BrF2O. The van der Waals surface area contributed by atoms with Crippen LogP contribution in [0.5, 0.6) is 5.75 Å². The van der Waals surface area contributed by atoms with Crippen molar-refractivity contribution in [3.8, 4) is 5.75 Å². The van der Waals surface area contributed by atoms with Gasteiger partial charge in [0.05, 0.1) is 7.11 Å². The predicted molar refractivity (Wildman–Crippen MR) is 84.0 cm³/mol. The number of methoxy groups -OCH3 is 1. The average Bonchev–Trinajstić information content (AvgIpc) is 2.50. The summed E-state index contributed by atoms with van der Waals surface area (Å²) < 4.78 is 31.6. The van der Waals surface area contributed by atoms with Crippen molar-refractivity contribution in [2.24, 2.45) is 5.92 Å². The van der Waals surface area contributed by atoms with Gasteiger partial charge in [0.1, 0.15) is 5.75 Å². The summed E-state index contributed by atoms with van der Waals surface area (Å²) in [7, 11) is 1.65.